The van der Waals surface area contributed by atoms with Gasteiger partial charge in [-0.3, -0.25) is 10.6 Å². The summed E-state index contributed by atoms with van der Waals surface area (Å²) in [5.41, 5.74) is 23.3. The lowest BCUT2D eigenvalue weighted by molar-refractivity contribution is 0.208. The van der Waals surface area contributed by atoms with Crippen molar-refractivity contribution in [3.63, 3.8) is 0 Å². The van der Waals surface area contributed by atoms with Crippen molar-refractivity contribution in [2.45, 2.75) is 53.4 Å². The van der Waals surface area contributed by atoms with E-state index in [-0.39, 0.29) is 26.4 Å². The van der Waals surface area contributed by atoms with Crippen LogP contribution in [-0.2, 0) is 48.1 Å². The normalized spacial score (nSPS) is 9.38. The standard InChI is InChI=1S/C29H22N4O3.2C15H12N2O3.C15H10N2O2.C14H12N2O.2CH4.H2O/c30-19-36-28-15-7-24(8-16-28)18-23-5-13-27(14-6-23)33-29(35)32-26-11-3-22(4-12-26)17-21-1-9-25(10-2-21)31-20-34;2*16-10-20-14-7-3-12(4-8-14)9-11-1-5-13(6-2-11)17-15(18)19;16-10-19-15-7-3-13(4-8-15)9-12-1-5-14(6-2-12)17-11-18;15-10-17-14-7-3-12(4-8-14)9-11-1-5-13(16)6-2-11;;;/h1-16H,17-18H2,(H2,32,33,35);2*1-8,17H,9H2,(H,18,19);1-8H,9H2;1-8H,9,16H2;2*1H4;1H2. The lowest BCUT2D eigenvalue weighted by Gasteiger charge is -2.10. The molecule has 0 fully saturated rings. The van der Waals surface area contributed by atoms with Crippen molar-refractivity contribution in [1.82, 2.24) is 0 Å². The number of nitrogen functional groups attached to an aromatic ring is 1. The van der Waals surface area contributed by atoms with Gasteiger partial charge >= 0.3 is 18.2 Å². The van der Waals surface area contributed by atoms with Crippen molar-refractivity contribution in [2.75, 3.05) is 27.0 Å². The molecule has 25 heteroatoms. The molecule has 115 heavy (non-hydrogen) atoms. The van der Waals surface area contributed by atoms with Crippen molar-refractivity contribution in [2.24, 2.45) is 9.98 Å². The Bertz CT molecular complexity index is 5230. The summed E-state index contributed by atoms with van der Waals surface area (Å²) in [6.45, 7) is 0. The molecule has 0 saturated heterocycles. The third kappa shape index (κ3) is 32.8. The number of nitriles is 5. The summed E-state index contributed by atoms with van der Waals surface area (Å²) < 4.78 is 23.6. The molecule has 0 aliphatic heterocycles. The highest BCUT2D eigenvalue weighted by Gasteiger charge is 2.09. The molecule has 0 aliphatic rings. The number of rotatable bonds is 23. The van der Waals surface area contributed by atoms with Crippen LogP contribution in [0.1, 0.15) is 81.6 Å². The summed E-state index contributed by atoms with van der Waals surface area (Å²) in [5, 5.41) is 69.5. The van der Waals surface area contributed by atoms with Gasteiger partial charge in [-0.15, -0.1) is 26.3 Å². The molecule has 12 rings (SSSR count). The van der Waals surface area contributed by atoms with Gasteiger partial charge in [-0.2, -0.15) is 9.98 Å². The number of hydrogen-bond donors (Lipinski definition) is 7. The summed E-state index contributed by atoms with van der Waals surface area (Å²) in [7, 11) is 0. The Hall–Kier alpha value is -16.6. The average molecular weight is 1540 g/mol. The molecular weight excluding hydrogens is 1460 g/mol. The number of benzene rings is 12. The molecule has 0 spiro atoms. The third-order valence-electron chi connectivity index (χ3n) is 15.9. The second-order valence-electron chi connectivity index (χ2n) is 24.0. The van der Waals surface area contributed by atoms with Crippen LogP contribution in [0.15, 0.2) is 301 Å². The van der Waals surface area contributed by atoms with E-state index in [0.29, 0.717) is 62.9 Å². The minimum atomic E-state index is -1.08. The zero-order chi connectivity index (χ0) is 79.5. The van der Waals surface area contributed by atoms with Crippen molar-refractivity contribution in [1.29, 1.82) is 26.3 Å². The van der Waals surface area contributed by atoms with Gasteiger partial charge in [0.25, 0.3) is 31.3 Å². The molecule has 4 amide bonds. The number of carboxylic acid groups (broad SMARTS) is 2. The first-order valence-electron chi connectivity index (χ1n) is 33.9. The van der Waals surface area contributed by atoms with Crippen LogP contribution in [0, 0.1) is 57.6 Å². The lowest BCUT2D eigenvalue weighted by Crippen LogP contribution is -2.19. The fourth-order valence-corrected chi connectivity index (χ4v) is 10.5. The van der Waals surface area contributed by atoms with Gasteiger partial charge in [-0.25, -0.2) is 24.0 Å². The van der Waals surface area contributed by atoms with Crippen LogP contribution in [-0.4, -0.2) is 46.1 Å². The van der Waals surface area contributed by atoms with Crippen molar-refractivity contribution >= 4 is 70.2 Å². The molecule has 25 nitrogen and oxygen atoms in total. The topological polar surface area (TPSA) is 421 Å². The summed E-state index contributed by atoms with van der Waals surface area (Å²) in [6.07, 6.45) is 13.5. The summed E-state index contributed by atoms with van der Waals surface area (Å²) in [4.78, 5) is 60.9. The monoisotopic (exact) mass is 1530 g/mol. The maximum Gasteiger partial charge on any atom is 0.409 e. The van der Waals surface area contributed by atoms with Gasteiger partial charge in [0.15, 0.2) is 0 Å². The average Bonchev–Trinajstić information content (AvgIpc) is 0.882. The number of amides is 4. The third-order valence-corrected chi connectivity index (χ3v) is 15.9. The highest BCUT2D eigenvalue weighted by Crippen LogP contribution is 2.25. The van der Waals surface area contributed by atoms with E-state index in [1.165, 1.54) is 23.3 Å². The maximum absolute atomic E-state index is 12.4. The van der Waals surface area contributed by atoms with E-state index in [1.807, 2.05) is 182 Å². The fraction of sp³-hybridized carbons (Fsp3) is 0.0889. The quantitative estimate of drug-likeness (QED) is 0.0135. The second-order valence-corrected chi connectivity index (χ2v) is 24.0. The first kappa shape index (κ1) is 89.0. The Balaban J connectivity index is 0.000000263. The van der Waals surface area contributed by atoms with E-state index in [9.17, 15) is 24.0 Å². The second kappa shape index (κ2) is 48.7. The molecule has 576 valence electrons. The van der Waals surface area contributed by atoms with Gasteiger partial charge in [0.1, 0.15) is 28.7 Å². The van der Waals surface area contributed by atoms with E-state index >= 15 is 0 Å². The zero-order valence-electron chi connectivity index (χ0n) is 60.1. The number of hydrogen-bond acceptors (Lipinski definition) is 18. The van der Waals surface area contributed by atoms with Crippen LogP contribution in [0.2, 0.25) is 0 Å². The van der Waals surface area contributed by atoms with Crippen LogP contribution in [0.25, 0.3) is 0 Å². The molecule has 12 aromatic carbocycles. The number of anilines is 5. The number of nitrogens with two attached hydrogens (primary N) is 1. The molecule has 0 saturated carbocycles. The molecule has 0 aromatic heterocycles. The van der Waals surface area contributed by atoms with E-state index in [0.717, 1.165) is 99.8 Å². The molecule has 0 radical (unpaired) electrons. The molecule has 0 heterocycles. The lowest BCUT2D eigenvalue weighted by atomic mass is 10.0. The SMILES string of the molecule is C.C.N#COc1ccc(Cc2ccc(N)cc2)cc1.N#COc1ccc(Cc2ccc(N=C=O)cc2)cc1.N#COc1ccc(Cc2ccc(NC(=O)Nc3ccc(Cc4ccc(N=C=O)cc4)cc3)cc2)cc1.N#COc1ccc(Cc2ccc(NC(=O)O)cc2)cc1.N#COc1ccc(Cc2ccc(NC(=O)O)cc2)cc1.O. The molecular formula is C90H78N12O13. The number of isocyanates is 2. The number of urea groups is 1. The molecule has 0 aliphatic carbocycles. The van der Waals surface area contributed by atoms with Gasteiger partial charge in [-0.05, 0) is 251 Å². The fourth-order valence-electron chi connectivity index (χ4n) is 10.5. The minimum absolute atomic E-state index is 0. The first-order valence-corrected chi connectivity index (χ1v) is 33.9. The molecule has 10 N–H and O–H groups in total. The van der Waals surface area contributed by atoms with E-state index in [2.05, 4.69) is 31.3 Å². The first-order chi connectivity index (χ1) is 54.5. The number of carbonyl (C=O) groups excluding carboxylic acids is 3. The molecule has 0 atom stereocenters. The largest absolute Gasteiger partial charge is 0.465 e. The molecule has 0 bridgehead atoms. The number of nitrogens with zero attached hydrogens (tertiary/aromatic N) is 7. The Morgan fingerprint density at radius 1 is 0.287 bits per heavy atom. The Morgan fingerprint density at radius 2 is 0.452 bits per heavy atom. The summed E-state index contributed by atoms with van der Waals surface area (Å²) in [6, 6.07) is 88.5. The summed E-state index contributed by atoms with van der Waals surface area (Å²) in [5.74, 6) is 2.63. The highest BCUT2D eigenvalue weighted by molar-refractivity contribution is 5.99. The van der Waals surface area contributed by atoms with Gasteiger partial charge in [-0.1, -0.05) is 160 Å². The van der Waals surface area contributed by atoms with Crippen LogP contribution in [0.3, 0.4) is 0 Å². The number of aliphatic imine (C=N–C) groups is 2. The van der Waals surface area contributed by atoms with Gasteiger partial charge in [0.05, 0.1) is 11.4 Å². The number of ether oxygens (including phenoxy) is 5. The molecule has 12 aromatic rings. The van der Waals surface area contributed by atoms with Crippen LogP contribution < -0.4 is 50.7 Å². The minimum Gasteiger partial charge on any atom is -0.465 e. The van der Waals surface area contributed by atoms with Crippen molar-refractivity contribution in [3.05, 3.63) is 358 Å². The smallest absolute Gasteiger partial charge is 0.409 e. The van der Waals surface area contributed by atoms with E-state index in [4.69, 9.17) is 65.9 Å². The van der Waals surface area contributed by atoms with Crippen molar-refractivity contribution < 1.29 is 63.3 Å². The van der Waals surface area contributed by atoms with Gasteiger partial charge < -0.3 is 55.7 Å². The maximum atomic E-state index is 12.4. The summed E-state index contributed by atoms with van der Waals surface area (Å²) >= 11 is 0. The Morgan fingerprint density at radius 3 is 0.626 bits per heavy atom. The van der Waals surface area contributed by atoms with E-state index in [1.54, 1.807) is 140 Å². The number of nitrogens with one attached hydrogen (secondary N) is 4. The van der Waals surface area contributed by atoms with Crippen LogP contribution in [0.4, 0.5) is 54.2 Å². The Labute approximate surface area is 664 Å². The predicted molar refractivity (Wildman–Crippen MR) is 438 cm³/mol. The predicted octanol–water partition coefficient (Wildman–Crippen LogP) is 19.1. The molecule has 0 unspecified atom stereocenters. The van der Waals surface area contributed by atoms with Crippen LogP contribution in [0.5, 0.6) is 28.7 Å². The van der Waals surface area contributed by atoms with Gasteiger partial charge in [0, 0.05) is 28.4 Å². The van der Waals surface area contributed by atoms with Gasteiger partial charge in [0.2, 0.25) is 12.2 Å². The Kier molecular flexibility index (Phi) is 37.7. The van der Waals surface area contributed by atoms with Crippen molar-refractivity contribution in [3.8, 4) is 60.0 Å². The zero-order valence-corrected chi connectivity index (χ0v) is 60.1. The highest BCUT2D eigenvalue weighted by atomic mass is 16.5. The number of carbonyl (C=O) groups is 3. The van der Waals surface area contributed by atoms with E-state index < -0.39 is 12.2 Å². The van der Waals surface area contributed by atoms with Crippen LogP contribution >= 0.6 is 0 Å².